The van der Waals surface area contributed by atoms with Gasteiger partial charge < -0.3 is 4.43 Å². The van der Waals surface area contributed by atoms with Crippen LogP contribution in [0.1, 0.15) is 5.56 Å². The Morgan fingerprint density at radius 3 is 1.68 bits per heavy atom. The smallest absolute Gasteiger partial charge is 0.417 e. The Kier molecular flexibility index (Phi) is 3.99. The van der Waals surface area contributed by atoms with Gasteiger partial charge in [-0.3, -0.25) is 4.79 Å². The lowest BCUT2D eigenvalue weighted by atomic mass is 9.79. The summed E-state index contributed by atoms with van der Waals surface area (Å²) >= 11 is 0. The van der Waals surface area contributed by atoms with E-state index in [-0.39, 0.29) is 0 Å². The van der Waals surface area contributed by atoms with Crippen LogP contribution in [0.25, 0.3) is 0 Å². The topological polar surface area (TPSA) is 26.3 Å². The minimum absolute atomic E-state index is 0.577. The normalized spacial score (nSPS) is 13.4. The fraction of sp³-hybridized carbons (Fsp3) is 0.300. The average Bonchev–Trinajstić information content (AvgIpc) is 2.27. The molecule has 106 valence electrons. The second-order valence-electron chi connectivity index (χ2n) is 3.60. The molecule has 2 nitrogen and oxygen atoms in total. The first kappa shape index (κ1) is 15.5. The molecular weight excluding hydrogens is 294 g/mol. The maximum Gasteiger partial charge on any atom is 0.417 e. The molecule has 0 radical (unpaired) electrons. The summed E-state index contributed by atoms with van der Waals surface area (Å²) in [6.07, 6.45) is -11.7. The Balaban J connectivity index is 3.70. The van der Waals surface area contributed by atoms with E-state index in [1.54, 1.807) is 0 Å². The van der Waals surface area contributed by atoms with Crippen LogP contribution in [0.3, 0.4) is 0 Å². The first-order valence-corrected chi connectivity index (χ1v) is 5.68. The number of carbonyl (C=O) groups is 1. The summed E-state index contributed by atoms with van der Waals surface area (Å²) in [5.41, 5.74) is -5.86. The zero-order valence-corrected chi connectivity index (χ0v) is 11.5. The van der Waals surface area contributed by atoms with Crippen molar-refractivity contribution in [2.75, 3.05) is 0 Å². The summed E-state index contributed by atoms with van der Waals surface area (Å²) in [5.74, 6) is -2.36. The van der Waals surface area contributed by atoms with E-state index in [0.717, 1.165) is 12.1 Å². The van der Waals surface area contributed by atoms with E-state index in [9.17, 15) is 31.1 Å². The summed E-state index contributed by atoms with van der Waals surface area (Å²) in [6, 6.07) is 4.41. The second-order valence-corrected chi connectivity index (χ2v) is 4.01. The van der Waals surface area contributed by atoms with Gasteiger partial charge in [0.2, 0.25) is 10.5 Å². The quantitative estimate of drug-likeness (QED) is 0.616. The third-order valence-electron chi connectivity index (χ3n) is 2.55. The number of rotatable bonds is 2. The highest BCUT2D eigenvalue weighted by molar-refractivity contribution is 6.08. The molecule has 0 saturated carbocycles. The maximum atomic E-state index is 13.0. The molecule has 0 fully saturated rings. The van der Waals surface area contributed by atoms with Crippen LogP contribution in [0.15, 0.2) is 30.3 Å². The van der Waals surface area contributed by atoms with Gasteiger partial charge in [-0.15, -0.1) is 0 Å². The van der Waals surface area contributed by atoms with Crippen molar-refractivity contribution in [3.63, 3.8) is 0 Å². The molecule has 19 heavy (non-hydrogen) atoms. The maximum absolute atomic E-state index is 13.0. The van der Waals surface area contributed by atoms with Crippen molar-refractivity contribution >= 4 is 16.5 Å². The van der Waals surface area contributed by atoms with Crippen molar-refractivity contribution in [3.05, 3.63) is 35.9 Å². The van der Waals surface area contributed by atoms with Gasteiger partial charge in [0.05, 0.1) is 0 Å². The molecule has 0 spiro atoms. The molecule has 1 aromatic rings. The van der Waals surface area contributed by atoms with Crippen molar-refractivity contribution in [2.24, 2.45) is 0 Å². The molecule has 9 heteroatoms. The summed E-state index contributed by atoms with van der Waals surface area (Å²) in [7, 11) is -0.577. The molecule has 0 N–H and O–H groups in total. The molecule has 0 bridgehead atoms. The van der Waals surface area contributed by atoms with Gasteiger partial charge in [0.15, 0.2) is 0 Å². The number of hydrogen-bond donors (Lipinski definition) is 0. The van der Waals surface area contributed by atoms with Crippen LogP contribution >= 0.6 is 0 Å². The summed E-state index contributed by atoms with van der Waals surface area (Å²) in [6.45, 7) is 0. The molecule has 0 aliphatic heterocycles. The van der Waals surface area contributed by atoms with E-state index in [4.69, 9.17) is 0 Å². The van der Waals surface area contributed by atoms with Gasteiger partial charge in [0, 0.05) is 0 Å². The van der Waals surface area contributed by atoms with Gasteiger partial charge >= 0.3 is 18.3 Å². The lowest BCUT2D eigenvalue weighted by Gasteiger charge is -2.35. The largest absolute Gasteiger partial charge is 0.528 e. The molecule has 0 aliphatic carbocycles. The zero-order valence-electron chi connectivity index (χ0n) is 9.47. The predicted octanol–water partition coefficient (Wildman–Crippen LogP) is 1.87. The Hall–Kier alpha value is -1.51. The van der Waals surface area contributed by atoms with Crippen LogP contribution < -0.4 is 0 Å². The third-order valence-corrected chi connectivity index (χ3v) is 2.92. The summed E-state index contributed by atoms with van der Waals surface area (Å²) in [4.78, 5) is 11.3. The number of hydrogen-bond acceptors (Lipinski definition) is 2. The standard InChI is InChI=1S/C10H8F6O2Si/c11-9(12,13)8(7(17)18-19,10(14,15)16)6-4-2-1-3-5-6/h1-5H,19H3. The van der Waals surface area contributed by atoms with E-state index in [1.165, 1.54) is 6.07 Å². The van der Waals surface area contributed by atoms with Gasteiger partial charge in [-0.2, -0.15) is 26.3 Å². The fourth-order valence-corrected chi connectivity index (χ4v) is 1.98. The third kappa shape index (κ3) is 2.34. The van der Waals surface area contributed by atoms with Crippen molar-refractivity contribution in [3.8, 4) is 0 Å². The molecule has 0 amide bonds. The van der Waals surface area contributed by atoms with Crippen LogP contribution in [-0.4, -0.2) is 28.8 Å². The summed E-state index contributed by atoms with van der Waals surface area (Å²) < 4.78 is 81.8. The number of alkyl halides is 6. The minimum atomic E-state index is -5.85. The predicted molar refractivity (Wildman–Crippen MR) is 56.3 cm³/mol. The van der Waals surface area contributed by atoms with Gasteiger partial charge in [0.25, 0.3) is 5.41 Å². The molecule has 1 rings (SSSR count). The van der Waals surface area contributed by atoms with Crippen molar-refractivity contribution in [1.29, 1.82) is 0 Å². The number of halogens is 6. The summed E-state index contributed by atoms with van der Waals surface area (Å²) in [5, 5.41) is 0. The molecule has 0 aliphatic rings. The van der Waals surface area contributed by atoms with Gasteiger partial charge in [-0.1, -0.05) is 30.3 Å². The molecule has 0 unspecified atom stereocenters. The fourth-order valence-electron chi connectivity index (χ4n) is 1.68. The first-order valence-electron chi connectivity index (χ1n) is 4.86. The first-order chi connectivity index (χ1) is 8.59. The zero-order chi connectivity index (χ0) is 14.9. The molecule has 0 atom stereocenters. The monoisotopic (exact) mass is 302 g/mol. The van der Waals surface area contributed by atoms with Gasteiger partial charge in [0.1, 0.15) is 0 Å². The van der Waals surface area contributed by atoms with Crippen molar-refractivity contribution in [1.82, 2.24) is 0 Å². The SMILES string of the molecule is O=C(O[SiH3])C(c1ccccc1)(C(F)(F)F)C(F)(F)F. The Labute approximate surface area is 106 Å². The highest BCUT2D eigenvalue weighted by atomic mass is 28.2. The van der Waals surface area contributed by atoms with Crippen LogP contribution in [0.4, 0.5) is 26.3 Å². The van der Waals surface area contributed by atoms with Crippen molar-refractivity contribution in [2.45, 2.75) is 17.8 Å². The van der Waals surface area contributed by atoms with Crippen LogP contribution in [0.2, 0.25) is 0 Å². The average molecular weight is 302 g/mol. The highest BCUT2D eigenvalue weighted by Crippen LogP contribution is 2.52. The van der Waals surface area contributed by atoms with E-state index < -0.39 is 39.8 Å². The van der Waals surface area contributed by atoms with Crippen LogP contribution in [0, 0.1) is 0 Å². The second kappa shape index (κ2) is 4.87. The number of benzene rings is 1. The van der Waals surface area contributed by atoms with E-state index in [0.29, 0.717) is 12.1 Å². The van der Waals surface area contributed by atoms with E-state index >= 15 is 0 Å². The highest BCUT2D eigenvalue weighted by Gasteiger charge is 2.77. The Bertz CT molecular complexity index is 439. The molecule has 0 aromatic heterocycles. The van der Waals surface area contributed by atoms with Gasteiger partial charge in [-0.05, 0) is 5.56 Å². The van der Waals surface area contributed by atoms with E-state index in [1.807, 2.05) is 0 Å². The molecular formula is C10H8F6O2Si. The lowest BCUT2D eigenvalue weighted by molar-refractivity contribution is -0.296. The van der Waals surface area contributed by atoms with Gasteiger partial charge in [-0.25, -0.2) is 0 Å². The molecule has 0 heterocycles. The molecule has 1 aromatic carbocycles. The number of carbonyl (C=O) groups excluding carboxylic acids is 1. The van der Waals surface area contributed by atoms with Crippen LogP contribution in [-0.2, 0) is 14.6 Å². The Morgan fingerprint density at radius 2 is 1.37 bits per heavy atom. The van der Waals surface area contributed by atoms with Crippen LogP contribution in [0.5, 0.6) is 0 Å². The lowest BCUT2D eigenvalue weighted by Crippen LogP contribution is -2.60. The van der Waals surface area contributed by atoms with E-state index in [2.05, 4.69) is 4.43 Å². The molecule has 0 saturated heterocycles. The Morgan fingerprint density at radius 1 is 0.947 bits per heavy atom. The van der Waals surface area contributed by atoms with Crippen molar-refractivity contribution < 1.29 is 35.6 Å². The minimum Gasteiger partial charge on any atom is -0.528 e.